The molecule has 0 bridgehead atoms. The lowest BCUT2D eigenvalue weighted by Gasteiger charge is -2.29. The maximum Gasteiger partial charge on any atom is 0.113 e. The fourth-order valence-corrected chi connectivity index (χ4v) is 3.70. The van der Waals surface area contributed by atoms with E-state index in [9.17, 15) is 0 Å². The van der Waals surface area contributed by atoms with Crippen LogP contribution in [0.5, 0.6) is 0 Å². The second-order valence-corrected chi connectivity index (χ2v) is 7.16. The van der Waals surface area contributed by atoms with Crippen molar-refractivity contribution in [3.8, 4) is 0 Å². The van der Waals surface area contributed by atoms with Gasteiger partial charge in [0.1, 0.15) is 9.34 Å². The van der Waals surface area contributed by atoms with Crippen LogP contribution in [-0.4, -0.2) is 35.6 Å². The fraction of sp³-hybridized carbons (Fsp3) is 0.769. The van der Waals surface area contributed by atoms with Gasteiger partial charge >= 0.3 is 0 Å². The molecule has 0 spiro atoms. The highest BCUT2D eigenvalue weighted by Crippen LogP contribution is 2.31. The van der Waals surface area contributed by atoms with E-state index in [0.717, 1.165) is 22.8 Å². The molecule has 2 fully saturated rings. The van der Waals surface area contributed by atoms with Gasteiger partial charge in [0.15, 0.2) is 0 Å². The zero-order valence-electron chi connectivity index (χ0n) is 10.6. The molecule has 0 aromatic carbocycles. The highest BCUT2D eigenvalue weighted by atomic mass is 35.5. The second-order valence-electron chi connectivity index (χ2n) is 5.41. The van der Waals surface area contributed by atoms with E-state index in [0.29, 0.717) is 0 Å². The summed E-state index contributed by atoms with van der Waals surface area (Å²) in [6, 6.07) is 0.808. The Morgan fingerprint density at radius 2 is 2.11 bits per heavy atom. The molecule has 1 saturated heterocycles. The van der Waals surface area contributed by atoms with E-state index in [2.05, 4.69) is 15.2 Å². The topological polar surface area (TPSA) is 28.2 Å². The molecule has 0 amide bonds. The van der Waals surface area contributed by atoms with Gasteiger partial charge in [0.05, 0.1) is 12.7 Å². The van der Waals surface area contributed by atoms with E-state index in [4.69, 9.17) is 11.6 Å². The monoisotopic (exact) mass is 285 g/mol. The van der Waals surface area contributed by atoms with Crippen LogP contribution in [-0.2, 0) is 6.54 Å². The van der Waals surface area contributed by atoms with Crippen molar-refractivity contribution in [2.45, 2.75) is 38.3 Å². The van der Waals surface area contributed by atoms with E-state index in [1.54, 1.807) is 17.5 Å². The summed E-state index contributed by atoms with van der Waals surface area (Å²) in [6.45, 7) is 4.61. The fourth-order valence-electron chi connectivity index (χ4n) is 2.71. The molecule has 2 heterocycles. The highest BCUT2D eigenvalue weighted by Gasteiger charge is 2.31. The Morgan fingerprint density at radius 1 is 1.33 bits per heavy atom. The first-order valence-corrected chi connectivity index (χ1v) is 8.05. The van der Waals surface area contributed by atoms with Crippen LogP contribution in [0.2, 0.25) is 4.34 Å². The summed E-state index contributed by atoms with van der Waals surface area (Å²) in [5.41, 5.74) is 0. The molecule has 1 aliphatic heterocycles. The zero-order valence-corrected chi connectivity index (χ0v) is 12.1. The largest absolute Gasteiger partial charge is 0.317 e. The molecule has 1 aliphatic carbocycles. The van der Waals surface area contributed by atoms with Crippen LogP contribution in [0, 0.1) is 5.92 Å². The van der Waals surface area contributed by atoms with Gasteiger partial charge in [0.2, 0.25) is 0 Å². The van der Waals surface area contributed by atoms with Gasteiger partial charge in [0.25, 0.3) is 0 Å². The molecular weight excluding hydrogens is 266 g/mol. The van der Waals surface area contributed by atoms with Crippen molar-refractivity contribution in [3.05, 3.63) is 15.5 Å². The third-order valence-corrected chi connectivity index (χ3v) is 4.98. The summed E-state index contributed by atoms with van der Waals surface area (Å²) < 4.78 is 0.808. The number of nitrogens with one attached hydrogen (secondary N) is 1. The lowest BCUT2D eigenvalue weighted by atomic mass is 9.97. The van der Waals surface area contributed by atoms with Crippen LogP contribution in [0.4, 0.5) is 0 Å². The molecule has 1 saturated carbocycles. The lowest BCUT2D eigenvalue weighted by molar-refractivity contribution is 0.190. The molecule has 3 nitrogen and oxygen atoms in total. The van der Waals surface area contributed by atoms with E-state index in [-0.39, 0.29) is 0 Å². The predicted octanol–water partition coefficient (Wildman–Crippen LogP) is 2.76. The van der Waals surface area contributed by atoms with Crippen LogP contribution in [0.25, 0.3) is 0 Å². The Labute approximate surface area is 118 Å². The first-order chi connectivity index (χ1) is 8.81. The second kappa shape index (κ2) is 5.87. The first-order valence-electron chi connectivity index (χ1n) is 6.86. The average molecular weight is 286 g/mol. The number of piperidine rings is 1. The van der Waals surface area contributed by atoms with Crippen molar-refractivity contribution in [1.82, 2.24) is 15.2 Å². The standard InChI is InChI=1S/C13H20ClN3S/c14-12-7-16-13(18-12)9-17(11-1-2-11)8-10-3-5-15-6-4-10/h7,10-11,15H,1-6,8-9H2. The average Bonchev–Trinajstić information content (AvgIpc) is 3.15. The first kappa shape index (κ1) is 12.9. The minimum Gasteiger partial charge on any atom is -0.317 e. The molecule has 18 heavy (non-hydrogen) atoms. The molecule has 3 rings (SSSR count). The smallest absolute Gasteiger partial charge is 0.113 e. The van der Waals surface area contributed by atoms with E-state index < -0.39 is 0 Å². The maximum absolute atomic E-state index is 5.96. The van der Waals surface area contributed by atoms with Crippen LogP contribution in [0.1, 0.15) is 30.7 Å². The van der Waals surface area contributed by atoms with Crippen LogP contribution in [0.3, 0.4) is 0 Å². The van der Waals surface area contributed by atoms with E-state index in [1.807, 2.05) is 0 Å². The number of nitrogens with zero attached hydrogens (tertiary/aromatic N) is 2. The molecule has 0 unspecified atom stereocenters. The molecule has 1 aromatic heterocycles. The predicted molar refractivity (Wildman–Crippen MR) is 76.1 cm³/mol. The number of halogens is 1. The molecule has 0 atom stereocenters. The van der Waals surface area contributed by atoms with Crippen LogP contribution >= 0.6 is 22.9 Å². The molecular formula is C13H20ClN3S. The van der Waals surface area contributed by atoms with Crippen molar-refractivity contribution < 1.29 is 0 Å². The van der Waals surface area contributed by atoms with Gasteiger partial charge in [-0.15, -0.1) is 11.3 Å². The Hall–Kier alpha value is -0.160. The van der Waals surface area contributed by atoms with Crippen molar-refractivity contribution in [3.63, 3.8) is 0 Å². The van der Waals surface area contributed by atoms with Crippen molar-refractivity contribution in [1.29, 1.82) is 0 Å². The van der Waals surface area contributed by atoms with Gasteiger partial charge in [-0.3, -0.25) is 4.90 Å². The minimum atomic E-state index is 0.808. The van der Waals surface area contributed by atoms with E-state index >= 15 is 0 Å². The van der Waals surface area contributed by atoms with Gasteiger partial charge in [0, 0.05) is 12.6 Å². The third-order valence-electron chi connectivity index (χ3n) is 3.88. The number of rotatable bonds is 5. The third kappa shape index (κ3) is 3.44. The summed E-state index contributed by atoms with van der Waals surface area (Å²) >= 11 is 7.58. The summed E-state index contributed by atoms with van der Waals surface area (Å²) in [4.78, 5) is 7.02. The molecule has 0 radical (unpaired) electrons. The Bertz CT molecular complexity index is 385. The number of hydrogen-bond acceptors (Lipinski definition) is 4. The number of aromatic nitrogens is 1. The van der Waals surface area contributed by atoms with Gasteiger partial charge in [-0.1, -0.05) is 11.6 Å². The quantitative estimate of drug-likeness (QED) is 0.902. The van der Waals surface area contributed by atoms with E-state index in [1.165, 1.54) is 50.3 Å². The SMILES string of the molecule is Clc1cnc(CN(CC2CCNCC2)C2CC2)s1. The summed E-state index contributed by atoms with van der Waals surface area (Å²) in [5.74, 6) is 0.863. The van der Waals surface area contributed by atoms with Gasteiger partial charge in [-0.2, -0.15) is 0 Å². The number of hydrogen-bond donors (Lipinski definition) is 1. The van der Waals surface area contributed by atoms with Crippen LogP contribution in [0.15, 0.2) is 6.20 Å². The molecule has 2 aliphatic rings. The zero-order chi connectivity index (χ0) is 12.4. The molecule has 1 aromatic rings. The van der Waals surface area contributed by atoms with Gasteiger partial charge in [-0.25, -0.2) is 4.98 Å². The summed E-state index contributed by atoms with van der Waals surface area (Å²) in [5, 5.41) is 4.61. The summed E-state index contributed by atoms with van der Waals surface area (Å²) in [6.07, 6.45) is 7.15. The number of thiazole rings is 1. The Kier molecular flexibility index (Phi) is 4.19. The van der Waals surface area contributed by atoms with Crippen LogP contribution < -0.4 is 5.32 Å². The molecule has 5 heteroatoms. The Morgan fingerprint density at radius 3 is 2.72 bits per heavy atom. The normalized spacial score (nSPS) is 21.7. The van der Waals surface area contributed by atoms with Gasteiger partial charge in [-0.05, 0) is 44.7 Å². The highest BCUT2D eigenvalue weighted by molar-refractivity contribution is 7.15. The minimum absolute atomic E-state index is 0.808. The summed E-state index contributed by atoms with van der Waals surface area (Å²) in [7, 11) is 0. The van der Waals surface area contributed by atoms with Crippen molar-refractivity contribution >= 4 is 22.9 Å². The van der Waals surface area contributed by atoms with Gasteiger partial charge < -0.3 is 5.32 Å². The Balaban J connectivity index is 1.57. The lowest BCUT2D eigenvalue weighted by Crippen LogP contribution is -2.37. The van der Waals surface area contributed by atoms with Crippen molar-refractivity contribution in [2.24, 2.45) is 5.92 Å². The molecule has 100 valence electrons. The molecule has 1 N–H and O–H groups in total. The van der Waals surface area contributed by atoms with Crippen molar-refractivity contribution in [2.75, 3.05) is 19.6 Å². The maximum atomic E-state index is 5.96.